The van der Waals surface area contributed by atoms with Crippen LogP contribution in [0.4, 0.5) is 0 Å². The SMILES string of the molecule is O=C(CN1Cc2ccccc2OC(c2ccsc2)C1)NCc1cccc(-n2cccn2)c1. The van der Waals surface area contributed by atoms with E-state index in [4.69, 9.17) is 4.74 Å². The van der Waals surface area contributed by atoms with Crippen molar-refractivity contribution in [2.45, 2.75) is 19.2 Å². The molecule has 3 heterocycles. The second-order valence-electron chi connectivity index (χ2n) is 7.84. The maximum Gasteiger partial charge on any atom is 0.234 e. The zero-order chi connectivity index (χ0) is 21.8. The Morgan fingerprint density at radius 2 is 2.09 bits per heavy atom. The maximum atomic E-state index is 12.8. The lowest BCUT2D eigenvalue weighted by molar-refractivity contribution is -0.122. The molecule has 7 heteroatoms. The summed E-state index contributed by atoms with van der Waals surface area (Å²) < 4.78 is 8.13. The number of ether oxygens (including phenoxy) is 1. The summed E-state index contributed by atoms with van der Waals surface area (Å²) in [6.07, 6.45) is 3.56. The number of aromatic nitrogens is 2. The zero-order valence-corrected chi connectivity index (χ0v) is 18.4. The van der Waals surface area contributed by atoms with Gasteiger partial charge in [-0.05, 0) is 46.7 Å². The Hall–Kier alpha value is -3.42. The molecule has 1 unspecified atom stereocenters. The fraction of sp³-hybridized carbons (Fsp3) is 0.200. The van der Waals surface area contributed by atoms with Crippen LogP contribution >= 0.6 is 11.3 Å². The molecule has 0 saturated heterocycles. The van der Waals surface area contributed by atoms with Crippen molar-refractivity contribution in [2.75, 3.05) is 13.1 Å². The summed E-state index contributed by atoms with van der Waals surface area (Å²) in [6.45, 7) is 2.13. The van der Waals surface area contributed by atoms with Crippen molar-refractivity contribution in [2.24, 2.45) is 0 Å². The minimum Gasteiger partial charge on any atom is -0.484 e. The molecule has 6 nitrogen and oxygen atoms in total. The average Bonchev–Trinajstić information content (AvgIpc) is 3.51. The van der Waals surface area contributed by atoms with Crippen LogP contribution in [-0.4, -0.2) is 33.7 Å². The summed E-state index contributed by atoms with van der Waals surface area (Å²) in [4.78, 5) is 15.0. The molecule has 0 saturated carbocycles. The summed E-state index contributed by atoms with van der Waals surface area (Å²) >= 11 is 1.66. The van der Waals surface area contributed by atoms with E-state index in [1.807, 2.05) is 59.4 Å². The van der Waals surface area contributed by atoms with Gasteiger partial charge in [0.2, 0.25) is 5.91 Å². The quantitative estimate of drug-likeness (QED) is 0.485. The molecule has 0 radical (unpaired) electrons. The first-order valence-electron chi connectivity index (χ1n) is 10.6. The van der Waals surface area contributed by atoms with Gasteiger partial charge in [0.1, 0.15) is 11.9 Å². The van der Waals surface area contributed by atoms with Gasteiger partial charge in [0.15, 0.2) is 0 Å². The van der Waals surface area contributed by atoms with E-state index in [2.05, 4.69) is 38.2 Å². The molecule has 1 atom stereocenters. The Bertz CT molecular complexity index is 1170. The monoisotopic (exact) mass is 444 g/mol. The molecular weight excluding hydrogens is 420 g/mol. The third-order valence-corrected chi connectivity index (χ3v) is 6.21. The highest BCUT2D eigenvalue weighted by atomic mass is 32.1. The van der Waals surface area contributed by atoms with Gasteiger partial charge in [-0.25, -0.2) is 4.68 Å². The van der Waals surface area contributed by atoms with Crippen LogP contribution in [0, 0.1) is 0 Å². The van der Waals surface area contributed by atoms with Gasteiger partial charge in [0.25, 0.3) is 0 Å². The largest absolute Gasteiger partial charge is 0.484 e. The summed E-state index contributed by atoms with van der Waals surface area (Å²) in [6, 6.07) is 20.1. The van der Waals surface area contributed by atoms with Crippen molar-refractivity contribution in [3.63, 3.8) is 0 Å². The van der Waals surface area contributed by atoms with Gasteiger partial charge in [-0.15, -0.1) is 0 Å². The number of benzene rings is 2. The number of hydrogen-bond donors (Lipinski definition) is 1. The fourth-order valence-electron chi connectivity index (χ4n) is 3.92. The summed E-state index contributed by atoms with van der Waals surface area (Å²) in [7, 11) is 0. The molecular formula is C25H24N4O2S. The number of nitrogens with one attached hydrogen (secondary N) is 1. The molecule has 32 heavy (non-hydrogen) atoms. The van der Waals surface area contributed by atoms with Crippen LogP contribution in [0.15, 0.2) is 83.8 Å². The van der Waals surface area contributed by atoms with Crippen LogP contribution in [0.1, 0.15) is 22.8 Å². The Balaban J connectivity index is 1.25. The first-order chi connectivity index (χ1) is 15.7. The van der Waals surface area contributed by atoms with Gasteiger partial charge in [0.05, 0.1) is 12.2 Å². The second-order valence-corrected chi connectivity index (χ2v) is 8.62. The summed E-state index contributed by atoms with van der Waals surface area (Å²) in [5.74, 6) is 0.889. The predicted molar refractivity (Wildman–Crippen MR) is 125 cm³/mol. The topological polar surface area (TPSA) is 59.4 Å². The number of rotatable bonds is 6. The van der Waals surface area contributed by atoms with Crippen LogP contribution in [0.25, 0.3) is 5.69 Å². The molecule has 0 aliphatic carbocycles. The van der Waals surface area contributed by atoms with Gasteiger partial charge in [0, 0.05) is 43.2 Å². The van der Waals surface area contributed by atoms with Crippen molar-refractivity contribution in [1.82, 2.24) is 20.0 Å². The Morgan fingerprint density at radius 1 is 1.16 bits per heavy atom. The van der Waals surface area contributed by atoms with Gasteiger partial charge < -0.3 is 10.1 Å². The molecule has 2 aromatic carbocycles. The van der Waals surface area contributed by atoms with Crippen molar-refractivity contribution >= 4 is 17.2 Å². The zero-order valence-electron chi connectivity index (χ0n) is 17.6. The number of hydrogen-bond acceptors (Lipinski definition) is 5. The van der Waals surface area contributed by atoms with Crippen LogP contribution in [0.3, 0.4) is 0 Å². The number of nitrogens with zero attached hydrogens (tertiary/aromatic N) is 3. The van der Waals surface area contributed by atoms with Crippen LogP contribution in [-0.2, 0) is 17.9 Å². The molecule has 0 fully saturated rings. The predicted octanol–water partition coefficient (Wildman–Crippen LogP) is 4.19. The lowest BCUT2D eigenvalue weighted by Gasteiger charge is -2.23. The van der Waals surface area contributed by atoms with E-state index in [0.29, 0.717) is 26.2 Å². The molecule has 4 aromatic rings. The molecule has 1 aliphatic rings. The third kappa shape index (κ3) is 4.74. The summed E-state index contributed by atoms with van der Waals surface area (Å²) in [5, 5.41) is 11.5. The van der Waals surface area contributed by atoms with Crippen LogP contribution < -0.4 is 10.1 Å². The van der Waals surface area contributed by atoms with Gasteiger partial charge in [-0.2, -0.15) is 16.4 Å². The van der Waals surface area contributed by atoms with Crippen molar-refractivity contribution < 1.29 is 9.53 Å². The van der Waals surface area contributed by atoms with E-state index < -0.39 is 0 Å². The lowest BCUT2D eigenvalue weighted by Crippen LogP contribution is -2.38. The number of fused-ring (bicyclic) bond motifs is 1. The molecule has 162 valence electrons. The highest BCUT2D eigenvalue weighted by Gasteiger charge is 2.25. The van der Waals surface area contributed by atoms with E-state index >= 15 is 0 Å². The molecule has 0 bridgehead atoms. The number of amides is 1. The molecule has 1 amide bonds. The lowest BCUT2D eigenvalue weighted by atomic mass is 10.2. The highest BCUT2D eigenvalue weighted by Crippen LogP contribution is 2.31. The van der Waals surface area contributed by atoms with Crippen molar-refractivity contribution in [3.8, 4) is 11.4 Å². The highest BCUT2D eigenvalue weighted by molar-refractivity contribution is 7.07. The van der Waals surface area contributed by atoms with Crippen molar-refractivity contribution in [3.05, 3.63) is 101 Å². The molecule has 1 N–H and O–H groups in total. The van der Waals surface area contributed by atoms with Gasteiger partial charge in [-0.3, -0.25) is 9.69 Å². The smallest absolute Gasteiger partial charge is 0.234 e. The minimum absolute atomic E-state index is 0.00191. The normalized spacial score (nSPS) is 16.1. The second kappa shape index (κ2) is 9.38. The van der Waals surface area contributed by atoms with E-state index in [0.717, 1.165) is 28.1 Å². The summed E-state index contributed by atoms with van der Waals surface area (Å²) in [5.41, 5.74) is 4.26. The average molecular weight is 445 g/mol. The van der Waals surface area contributed by atoms with E-state index in [1.54, 1.807) is 17.5 Å². The first kappa shape index (κ1) is 20.5. The Morgan fingerprint density at radius 3 is 2.94 bits per heavy atom. The number of thiophene rings is 1. The number of carbonyl (C=O) groups is 1. The number of carbonyl (C=O) groups excluding carboxylic acids is 1. The molecule has 1 aliphatic heterocycles. The third-order valence-electron chi connectivity index (χ3n) is 5.51. The maximum absolute atomic E-state index is 12.8. The first-order valence-corrected chi connectivity index (χ1v) is 11.5. The van der Waals surface area contributed by atoms with Gasteiger partial charge >= 0.3 is 0 Å². The molecule has 0 spiro atoms. The van der Waals surface area contributed by atoms with E-state index in [-0.39, 0.29) is 12.0 Å². The Labute approximate surface area is 191 Å². The Kier molecular flexibility index (Phi) is 6.00. The van der Waals surface area contributed by atoms with E-state index in [9.17, 15) is 4.79 Å². The number of para-hydroxylation sites is 1. The van der Waals surface area contributed by atoms with Crippen LogP contribution in [0.5, 0.6) is 5.75 Å². The fourth-order valence-corrected chi connectivity index (χ4v) is 4.62. The van der Waals surface area contributed by atoms with Crippen molar-refractivity contribution in [1.29, 1.82) is 0 Å². The molecule has 5 rings (SSSR count). The standard InChI is InChI=1S/C25H24N4O2S/c30-25(26-14-19-5-3-7-22(13-19)29-11-4-10-27-29)17-28-15-20-6-1-2-8-23(20)31-24(16-28)21-9-12-32-18-21/h1-13,18,24H,14-17H2,(H,26,30). The van der Waals surface area contributed by atoms with Gasteiger partial charge in [-0.1, -0.05) is 30.3 Å². The van der Waals surface area contributed by atoms with E-state index in [1.165, 1.54) is 0 Å². The minimum atomic E-state index is -0.0940. The van der Waals surface area contributed by atoms with Crippen LogP contribution in [0.2, 0.25) is 0 Å². The molecule has 2 aromatic heterocycles.